The Bertz CT molecular complexity index is 654. The van der Waals surface area contributed by atoms with E-state index in [0.717, 1.165) is 23.5 Å². The third-order valence-electron chi connectivity index (χ3n) is 4.03. The zero-order chi connectivity index (χ0) is 15.0. The molecule has 21 heavy (non-hydrogen) atoms. The second kappa shape index (κ2) is 5.30. The lowest BCUT2D eigenvalue weighted by atomic mass is 9.89. The molecule has 2 aromatic rings. The number of aromatic nitrogens is 1. The first-order valence-electron chi connectivity index (χ1n) is 7.69. The van der Waals surface area contributed by atoms with E-state index in [4.69, 9.17) is 9.72 Å². The second-order valence-corrected chi connectivity index (χ2v) is 6.95. The van der Waals surface area contributed by atoms with Gasteiger partial charge in [-0.05, 0) is 42.7 Å². The van der Waals surface area contributed by atoms with Gasteiger partial charge in [-0.2, -0.15) is 0 Å². The Morgan fingerprint density at radius 3 is 2.62 bits per heavy atom. The maximum absolute atomic E-state index is 5.36. The Morgan fingerprint density at radius 1 is 1.24 bits per heavy atom. The molecule has 0 aliphatic heterocycles. The van der Waals surface area contributed by atoms with Crippen molar-refractivity contribution in [2.45, 2.75) is 51.6 Å². The van der Waals surface area contributed by atoms with E-state index in [-0.39, 0.29) is 5.41 Å². The predicted octanol–water partition coefficient (Wildman–Crippen LogP) is 3.79. The first kappa shape index (κ1) is 14.3. The number of hydrogen-bond acceptors (Lipinski definition) is 3. The minimum atomic E-state index is 0.0580. The molecule has 1 aliphatic carbocycles. The molecule has 0 spiro atoms. The maximum atomic E-state index is 5.36. The molecule has 3 rings (SSSR count). The standard InChI is InChI=1S/C18H24N2O/c1-18(2,3)17-9-12(11-19-13-5-6-13)15-10-14(21-4)7-8-16(15)20-17/h7-10,13,19H,5-6,11H2,1-4H3. The van der Waals surface area contributed by atoms with Gasteiger partial charge in [0.2, 0.25) is 0 Å². The molecule has 112 valence electrons. The van der Waals surface area contributed by atoms with Gasteiger partial charge in [0.15, 0.2) is 0 Å². The summed E-state index contributed by atoms with van der Waals surface area (Å²) >= 11 is 0. The molecule has 0 amide bonds. The number of benzene rings is 1. The molecule has 1 aromatic heterocycles. The summed E-state index contributed by atoms with van der Waals surface area (Å²) in [4.78, 5) is 4.84. The van der Waals surface area contributed by atoms with Crippen LogP contribution >= 0.6 is 0 Å². The normalized spacial score (nSPS) is 15.4. The van der Waals surface area contributed by atoms with E-state index >= 15 is 0 Å². The number of rotatable bonds is 4. The highest BCUT2D eigenvalue weighted by Crippen LogP contribution is 2.29. The van der Waals surface area contributed by atoms with Crippen LogP contribution in [0.3, 0.4) is 0 Å². The third kappa shape index (κ3) is 3.18. The highest BCUT2D eigenvalue weighted by atomic mass is 16.5. The highest BCUT2D eigenvalue weighted by molar-refractivity contribution is 5.84. The molecule has 0 atom stereocenters. The van der Waals surface area contributed by atoms with E-state index < -0.39 is 0 Å². The van der Waals surface area contributed by atoms with Crippen molar-refractivity contribution in [3.8, 4) is 5.75 Å². The molecule has 0 unspecified atom stereocenters. The summed E-state index contributed by atoms with van der Waals surface area (Å²) in [6.45, 7) is 7.54. The van der Waals surface area contributed by atoms with Crippen LogP contribution in [0.15, 0.2) is 24.3 Å². The number of hydrogen-bond donors (Lipinski definition) is 1. The molecule has 3 nitrogen and oxygen atoms in total. The Balaban J connectivity index is 2.07. The minimum Gasteiger partial charge on any atom is -0.497 e. The monoisotopic (exact) mass is 284 g/mol. The van der Waals surface area contributed by atoms with Crippen LogP contribution in [0.4, 0.5) is 0 Å². The fraction of sp³-hybridized carbons (Fsp3) is 0.500. The summed E-state index contributed by atoms with van der Waals surface area (Å²) in [6.07, 6.45) is 2.61. The SMILES string of the molecule is COc1ccc2nc(C(C)(C)C)cc(CNC3CC3)c2c1. The van der Waals surface area contributed by atoms with Gasteiger partial charge in [-0.1, -0.05) is 20.8 Å². The van der Waals surface area contributed by atoms with Crippen LogP contribution in [0.25, 0.3) is 10.9 Å². The smallest absolute Gasteiger partial charge is 0.119 e. The second-order valence-electron chi connectivity index (χ2n) is 6.95. The first-order valence-corrected chi connectivity index (χ1v) is 7.69. The zero-order valence-electron chi connectivity index (χ0n) is 13.4. The summed E-state index contributed by atoms with van der Waals surface area (Å²) in [5.41, 5.74) is 3.57. The van der Waals surface area contributed by atoms with E-state index in [1.165, 1.54) is 23.8 Å². The van der Waals surface area contributed by atoms with E-state index in [1.54, 1.807) is 7.11 Å². The van der Waals surface area contributed by atoms with E-state index in [2.05, 4.69) is 44.3 Å². The highest BCUT2D eigenvalue weighted by Gasteiger charge is 2.22. The number of nitrogens with one attached hydrogen (secondary N) is 1. The van der Waals surface area contributed by atoms with Gasteiger partial charge in [-0.25, -0.2) is 0 Å². The number of fused-ring (bicyclic) bond motifs is 1. The van der Waals surface area contributed by atoms with Crippen molar-refractivity contribution in [2.75, 3.05) is 7.11 Å². The molecule has 1 heterocycles. The Kier molecular flexibility index (Phi) is 3.62. The van der Waals surface area contributed by atoms with E-state index in [1.807, 2.05) is 6.07 Å². The van der Waals surface area contributed by atoms with Crippen LogP contribution in [-0.2, 0) is 12.0 Å². The molecule has 0 bridgehead atoms. The Labute approximate surface area is 126 Å². The van der Waals surface area contributed by atoms with Gasteiger partial charge in [-0.3, -0.25) is 4.98 Å². The van der Waals surface area contributed by atoms with Gasteiger partial charge in [0.25, 0.3) is 0 Å². The van der Waals surface area contributed by atoms with Gasteiger partial charge in [0.05, 0.1) is 12.6 Å². The van der Waals surface area contributed by atoms with E-state index in [9.17, 15) is 0 Å². The fourth-order valence-electron chi connectivity index (χ4n) is 2.47. The fourth-order valence-corrected chi connectivity index (χ4v) is 2.47. The average molecular weight is 284 g/mol. The van der Waals surface area contributed by atoms with Crippen LogP contribution in [-0.4, -0.2) is 18.1 Å². The number of ether oxygens (including phenoxy) is 1. The van der Waals surface area contributed by atoms with Crippen LogP contribution in [0.5, 0.6) is 5.75 Å². The lowest BCUT2D eigenvalue weighted by Crippen LogP contribution is -2.18. The van der Waals surface area contributed by atoms with Crippen LogP contribution in [0.2, 0.25) is 0 Å². The molecule has 1 saturated carbocycles. The largest absolute Gasteiger partial charge is 0.497 e. The Hall–Kier alpha value is -1.61. The molecule has 1 aromatic carbocycles. The zero-order valence-corrected chi connectivity index (χ0v) is 13.4. The molecule has 0 saturated heterocycles. The van der Waals surface area contributed by atoms with Gasteiger partial charge in [0.1, 0.15) is 5.75 Å². The quantitative estimate of drug-likeness (QED) is 0.927. The van der Waals surface area contributed by atoms with Crippen molar-refractivity contribution in [3.63, 3.8) is 0 Å². The number of nitrogens with zero attached hydrogens (tertiary/aromatic N) is 1. The lowest BCUT2D eigenvalue weighted by Gasteiger charge is -2.20. The first-order chi connectivity index (χ1) is 9.97. The summed E-state index contributed by atoms with van der Waals surface area (Å²) in [6, 6.07) is 9.09. The van der Waals surface area contributed by atoms with Gasteiger partial charge in [0, 0.05) is 29.1 Å². The predicted molar refractivity (Wildman–Crippen MR) is 86.9 cm³/mol. The van der Waals surface area contributed by atoms with Crippen LogP contribution in [0, 0.1) is 0 Å². The molecule has 0 radical (unpaired) electrons. The Morgan fingerprint density at radius 2 is 2.00 bits per heavy atom. The van der Waals surface area contributed by atoms with Crippen molar-refractivity contribution >= 4 is 10.9 Å². The average Bonchev–Trinajstić information content (AvgIpc) is 3.27. The molecular weight excluding hydrogens is 260 g/mol. The lowest BCUT2D eigenvalue weighted by molar-refractivity contribution is 0.415. The molecule has 1 fully saturated rings. The summed E-state index contributed by atoms with van der Waals surface area (Å²) in [7, 11) is 1.71. The summed E-state index contributed by atoms with van der Waals surface area (Å²) in [5, 5.41) is 4.80. The van der Waals surface area contributed by atoms with E-state index in [0.29, 0.717) is 6.04 Å². The molecule has 3 heteroatoms. The third-order valence-corrected chi connectivity index (χ3v) is 4.03. The van der Waals surface area contributed by atoms with Crippen LogP contribution < -0.4 is 10.1 Å². The van der Waals surface area contributed by atoms with Crippen molar-refractivity contribution in [1.29, 1.82) is 0 Å². The van der Waals surface area contributed by atoms with Crippen molar-refractivity contribution in [2.24, 2.45) is 0 Å². The minimum absolute atomic E-state index is 0.0580. The van der Waals surface area contributed by atoms with Gasteiger partial charge >= 0.3 is 0 Å². The van der Waals surface area contributed by atoms with Crippen molar-refractivity contribution < 1.29 is 4.74 Å². The molecule has 1 N–H and O–H groups in total. The maximum Gasteiger partial charge on any atom is 0.119 e. The topological polar surface area (TPSA) is 34.1 Å². The summed E-state index contributed by atoms with van der Waals surface area (Å²) in [5.74, 6) is 0.889. The summed E-state index contributed by atoms with van der Waals surface area (Å²) < 4.78 is 5.36. The van der Waals surface area contributed by atoms with Crippen molar-refractivity contribution in [1.82, 2.24) is 10.3 Å². The van der Waals surface area contributed by atoms with Gasteiger partial charge < -0.3 is 10.1 Å². The molecule has 1 aliphatic rings. The van der Waals surface area contributed by atoms with Crippen LogP contribution in [0.1, 0.15) is 44.9 Å². The van der Waals surface area contributed by atoms with Gasteiger partial charge in [-0.15, -0.1) is 0 Å². The molecular formula is C18H24N2O. The van der Waals surface area contributed by atoms with Crippen molar-refractivity contribution in [3.05, 3.63) is 35.5 Å². The number of pyridine rings is 1. The number of methoxy groups -OCH3 is 1.